The van der Waals surface area contributed by atoms with E-state index in [4.69, 9.17) is 0 Å². The zero-order chi connectivity index (χ0) is 15.1. The molecule has 0 saturated carbocycles. The molecule has 1 heterocycles. The van der Waals surface area contributed by atoms with Crippen molar-refractivity contribution in [1.29, 1.82) is 0 Å². The van der Waals surface area contributed by atoms with Gasteiger partial charge in [0.2, 0.25) is 0 Å². The highest BCUT2D eigenvalue weighted by atomic mass is 19.1. The molecule has 3 nitrogen and oxygen atoms in total. The summed E-state index contributed by atoms with van der Waals surface area (Å²) in [6.45, 7) is 7.41. The van der Waals surface area contributed by atoms with E-state index in [1.165, 1.54) is 6.07 Å². The van der Waals surface area contributed by atoms with Crippen LogP contribution in [0, 0.1) is 11.2 Å². The van der Waals surface area contributed by atoms with Crippen molar-refractivity contribution in [2.45, 2.75) is 40.2 Å². The minimum Gasteiger partial charge on any atom is -0.481 e. The van der Waals surface area contributed by atoms with Crippen LogP contribution in [0.5, 0.6) is 0 Å². The molecule has 20 heavy (non-hydrogen) atoms. The van der Waals surface area contributed by atoms with Crippen molar-refractivity contribution in [3.8, 4) is 0 Å². The molecule has 0 atom stereocenters. The first-order valence-electron chi connectivity index (χ1n) is 6.76. The molecular weight excluding hydrogens is 257 g/mol. The molecule has 0 spiro atoms. The normalized spacial score (nSPS) is 12.3. The third-order valence-corrected chi connectivity index (χ3v) is 3.63. The van der Waals surface area contributed by atoms with Gasteiger partial charge >= 0.3 is 5.97 Å². The molecule has 108 valence electrons. The number of fused-ring (bicyclic) bond motifs is 1. The van der Waals surface area contributed by atoms with Crippen molar-refractivity contribution in [2.24, 2.45) is 5.41 Å². The van der Waals surface area contributed by atoms with Gasteiger partial charge in [0.05, 0.1) is 10.9 Å². The smallest absolute Gasteiger partial charge is 0.309 e. The number of nitrogens with zero attached hydrogens (tertiary/aromatic N) is 1. The van der Waals surface area contributed by atoms with Crippen molar-refractivity contribution in [3.63, 3.8) is 0 Å². The van der Waals surface area contributed by atoms with Crippen LogP contribution >= 0.6 is 0 Å². The largest absolute Gasteiger partial charge is 0.481 e. The first-order valence-corrected chi connectivity index (χ1v) is 6.76. The summed E-state index contributed by atoms with van der Waals surface area (Å²) >= 11 is 0. The second-order valence-corrected chi connectivity index (χ2v) is 6.14. The molecule has 0 aliphatic heterocycles. The lowest BCUT2D eigenvalue weighted by molar-refractivity contribution is -0.146. The van der Waals surface area contributed by atoms with Crippen LogP contribution in [0.1, 0.15) is 39.4 Å². The minimum absolute atomic E-state index is 0.147. The summed E-state index contributed by atoms with van der Waals surface area (Å²) in [4.78, 5) is 11.3. The van der Waals surface area contributed by atoms with Gasteiger partial charge in [0.15, 0.2) is 0 Å². The molecule has 2 rings (SSSR count). The van der Waals surface area contributed by atoms with Crippen molar-refractivity contribution >= 4 is 16.9 Å². The Hall–Kier alpha value is -1.84. The van der Waals surface area contributed by atoms with Gasteiger partial charge in [0.1, 0.15) is 5.82 Å². The van der Waals surface area contributed by atoms with E-state index in [0.717, 1.165) is 11.2 Å². The Labute approximate surface area is 118 Å². The van der Waals surface area contributed by atoms with E-state index in [1.54, 1.807) is 26.0 Å². The standard InChI is InChI=1S/C16H20FNO2/c1-10(2)18-11(9-16(3,4)15(19)20)8-12-13(17)6-5-7-14(12)18/h5-8,10H,9H2,1-4H3,(H,19,20). The van der Waals surface area contributed by atoms with Crippen molar-refractivity contribution in [3.05, 3.63) is 35.8 Å². The molecule has 2 aromatic rings. The predicted molar refractivity (Wildman–Crippen MR) is 77.4 cm³/mol. The van der Waals surface area contributed by atoms with Crippen molar-refractivity contribution in [1.82, 2.24) is 4.57 Å². The maximum Gasteiger partial charge on any atom is 0.309 e. The zero-order valence-corrected chi connectivity index (χ0v) is 12.3. The minimum atomic E-state index is -0.877. The summed E-state index contributed by atoms with van der Waals surface area (Å²) in [5.74, 6) is -1.12. The summed E-state index contributed by atoms with van der Waals surface area (Å²) < 4.78 is 15.9. The number of hydrogen-bond acceptors (Lipinski definition) is 1. The average molecular weight is 277 g/mol. The van der Waals surface area contributed by atoms with E-state index < -0.39 is 11.4 Å². The number of rotatable bonds is 4. The van der Waals surface area contributed by atoms with Crippen LogP contribution < -0.4 is 0 Å². The first kappa shape index (κ1) is 14.6. The molecule has 4 heteroatoms. The third-order valence-electron chi connectivity index (χ3n) is 3.63. The van der Waals surface area contributed by atoms with E-state index in [-0.39, 0.29) is 11.9 Å². The van der Waals surface area contributed by atoms with Gasteiger partial charge < -0.3 is 9.67 Å². The molecule has 0 unspecified atom stereocenters. The second kappa shape index (κ2) is 4.93. The van der Waals surface area contributed by atoms with Gasteiger partial charge in [-0.1, -0.05) is 6.07 Å². The number of benzene rings is 1. The van der Waals surface area contributed by atoms with Gasteiger partial charge in [-0.05, 0) is 45.9 Å². The van der Waals surface area contributed by atoms with Crippen molar-refractivity contribution in [2.75, 3.05) is 0 Å². The molecule has 0 radical (unpaired) electrons. The van der Waals surface area contributed by atoms with Gasteiger partial charge in [-0.2, -0.15) is 0 Å². The zero-order valence-electron chi connectivity index (χ0n) is 12.3. The lowest BCUT2D eigenvalue weighted by Gasteiger charge is -2.22. The Morgan fingerprint density at radius 2 is 2.05 bits per heavy atom. The fraction of sp³-hybridized carbons (Fsp3) is 0.438. The molecule has 0 amide bonds. The van der Waals surface area contributed by atoms with Crippen molar-refractivity contribution < 1.29 is 14.3 Å². The van der Waals surface area contributed by atoms with E-state index >= 15 is 0 Å². The Morgan fingerprint density at radius 3 is 2.60 bits per heavy atom. The van der Waals surface area contributed by atoms with E-state index in [9.17, 15) is 14.3 Å². The number of carboxylic acid groups (broad SMARTS) is 1. The fourth-order valence-corrected chi connectivity index (χ4v) is 2.54. The van der Waals surface area contributed by atoms with E-state index in [0.29, 0.717) is 11.8 Å². The summed E-state index contributed by atoms with van der Waals surface area (Å²) in [5.41, 5.74) is 0.793. The molecule has 0 fully saturated rings. The highest BCUT2D eigenvalue weighted by Gasteiger charge is 2.29. The topological polar surface area (TPSA) is 42.2 Å². The molecule has 0 saturated heterocycles. The first-order chi connectivity index (χ1) is 9.24. The Morgan fingerprint density at radius 1 is 1.40 bits per heavy atom. The highest BCUT2D eigenvalue weighted by molar-refractivity contribution is 5.82. The van der Waals surface area contributed by atoms with Gasteiger partial charge in [0, 0.05) is 23.5 Å². The Bertz CT molecular complexity index is 656. The Balaban J connectivity index is 2.61. The van der Waals surface area contributed by atoms with Gasteiger partial charge in [-0.25, -0.2) is 4.39 Å². The fourth-order valence-electron chi connectivity index (χ4n) is 2.54. The quantitative estimate of drug-likeness (QED) is 0.917. The molecule has 0 aliphatic carbocycles. The molecular formula is C16H20FNO2. The van der Waals surface area contributed by atoms with Crippen LogP contribution in [0.15, 0.2) is 24.3 Å². The molecule has 1 aromatic carbocycles. The maximum absolute atomic E-state index is 13.9. The van der Waals surface area contributed by atoms with Crippen LogP contribution in [0.4, 0.5) is 4.39 Å². The van der Waals surface area contributed by atoms with E-state index in [1.807, 2.05) is 24.5 Å². The monoisotopic (exact) mass is 277 g/mol. The van der Waals surface area contributed by atoms with Gasteiger partial charge in [-0.15, -0.1) is 0 Å². The second-order valence-electron chi connectivity index (χ2n) is 6.14. The van der Waals surface area contributed by atoms with Crippen LogP contribution in [-0.4, -0.2) is 15.6 Å². The maximum atomic E-state index is 13.9. The van der Waals surface area contributed by atoms with Gasteiger partial charge in [0.25, 0.3) is 0 Å². The lowest BCUT2D eigenvalue weighted by Crippen LogP contribution is -2.27. The van der Waals surface area contributed by atoms with Crippen LogP contribution in [0.2, 0.25) is 0 Å². The molecule has 1 aromatic heterocycles. The number of aliphatic carboxylic acids is 1. The number of halogens is 1. The number of hydrogen-bond donors (Lipinski definition) is 1. The Kier molecular flexibility index (Phi) is 3.59. The van der Waals surface area contributed by atoms with Crippen LogP contribution in [0.25, 0.3) is 10.9 Å². The SMILES string of the molecule is CC(C)n1c(CC(C)(C)C(=O)O)cc2c(F)cccc21. The molecule has 1 N–H and O–H groups in total. The molecule has 0 aliphatic rings. The van der Waals surface area contributed by atoms with Crippen LogP contribution in [0.3, 0.4) is 0 Å². The predicted octanol–water partition coefficient (Wildman–Crippen LogP) is 4.01. The number of carboxylic acids is 1. The summed E-state index contributed by atoms with van der Waals surface area (Å²) in [7, 11) is 0. The van der Waals surface area contributed by atoms with E-state index in [2.05, 4.69) is 0 Å². The van der Waals surface area contributed by atoms with Crippen LogP contribution in [-0.2, 0) is 11.2 Å². The summed E-state index contributed by atoms with van der Waals surface area (Å²) in [6, 6.07) is 6.90. The third kappa shape index (κ3) is 2.42. The number of carbonyl (C=O) groups is 1. The summed E-state index contributed by atoms with van der Waals surface area (Å²) in [6.07, 6.45) is 0.370. The van der Waals surface area contributed by atoms with Gasteiger partial charge in [-0.3, -0.25) is 4.79 Å². The molecule has 0 bridgehead atoms. The highest BCUT2D eigenvalue weighted by Crippen LogP contribution is 2.31. The lowest BCUT2D eigenvalue weighted by atomic mass is 9.88. The average Bonchev–Trinajstić information content (AvgIpc) is 2.67. The summed E-state index contributed by atoms with van der Waals surface area (Å²) in [5, 5.41) is 9.83. The number of aromatic nitrogens is 1.